The van der Waals surface area contributed by atoms with E-state index in [-0.39, 0.29) is 24.1 Å². The topological polar surface area (TPSA) is 114 Å². The molecule has 0 radical (unpaired) electrons. The zero-order valence-corrected chi connectivity index (χ0v) is 17.7. The number of benzene rings is 1. The van der Waals surface area contributed by atoms with Gasteiger partial charge in [0.05, 0.1) is 19.3 Å². The van der Waals surface area contributed by atoms with Crippen LogP contribution in [0.4, 0.5) is 10.5 Å². The Morgan fingerprint density at radius 1 is 1.14 bits per heavy atom. The Balaban J connectivity index is 1.68. The first kappa shape index (κ1) is 23.2. The van der Waals surface area contributed by atoms with Crippen molar-refractivity contribution >= 4 is 17.7 Å². The van der Waals surface area contributed by atoms with E-state index >= 15 is 0 Å². The van der Waals surface area contributed by atoms with E-state index in [0.29, 0.717) is 30.6 Å². The summed E-state index contributed by atoms with van der Waals surface area (Å²) in [5.41, 5.74) is 7.29. The molecule has 0 bridgehead atoms. The van der Waals surface area contributed by atoms with Gasteiger partial charge in [0.25, 0.3) is 0 Å². The lowest BCUT2D eigenvalue weighted by Gasteiger charge is -2.30. The van der Waals surface area contributed by atoms with Gasteiger partial charge in [-0.3, -0.25) is 4.79 Å². The molecule has 0 aromatic heterocycles. The van der Waals surface area contributed by atoms with Crippen molar-refractivity contribution in [1.29, 1.82) is 0 Å². The second-order valence-corrected chi connectivity index (χ2v) is 9.05. The predicted octanol–water partition coefficient (Wildman–Crippen LogP) is 3.17. The van der Waals surface area contributed by atoms with Crippen LogP contribution in [0.15, 0.2) is 24.3 Å². The van der Waals surface area contributed by atoms with Crippen molar-refractivity contribution in [2.45, 2.75) is 71.1 Å². The maximum absolute atomic E-state index is 12.3. The fraction of sp³-hybridized carbons (Fsp3) is 0.636. The number of nitrogens with two attached hydrogens (primary N) is 1. The summed E-state index contributed by atoms with van der Waals surface area (Å²) in [6.07, 6.45) is 4.21. The third-order valence-electron chi connectivity index (χ3n) is 5.22. The van der Waals surface area contributed by atoms with Gasteiger partial charge in [-0.15, -0.1) is 0 Å². The second-order valence-electron chi connectivity index (χ2n) is 9.05. The number of carbonyl (C=O) groups is 2. The predicted molar refractivity (Wildman–Crippen MR) is 113 cm³/mol. The van der Waals surface area contributed by atoms with Crippen LogP contribution in [0.2, 0.25) is 0 Å². The molecule has 2 rings (SSSR count). The Labute approximate surface area is 173 Å². The molecule has 0 saturated heterocycles. The lowest BCUT2D eigenvalue weighted by molar-refractivity contribution is -0.117. The number of amides is 2. The summed E-state index contributed by atoms with van der Waals surface area (Å²) in [7, 11) is 0. The minimum atomic E-state index is -0.553. The van der Waals surface area contributed by atoms with Gasteiger partial charge in [-0.2, -0.15) is 0 Å². The first-order valence-electron chi connectivity index (χ1n) is 10.4. The van der Waals surface area contributed by atoms with Crippen molar-refractivity contribution in [2.24, 2.45) is 17.6 Å². The zero-order chi connectivity index (χ0) is 21.4. The van der Waals surface area contributed by atoms with E-state index in [0.717, 1.165) is 31.2 Å². The van der Waals surface area contributed by atoms with Gasteiger partial charge in [0.15, 0.2) is 0 Å². The molecule has 2 amide bonds. The van der Waals surface area contributed by atoms with Crippen LogP contribution in [-0.2, 0) is 16.1 Å². The van der Waals surface area contributed by atoms with E-state index in [4.69, 9.17) is 15.6 Å². The van der Waals surface area contributed by atoms with Crippen molar-refractivity contribution in [2.75, 3.05) is 11.9 Å². The van der Waals surface area contributed by atoms with Gasteiger partial charge in [-0.25, -0.2) is 4.79 Å². The summed E-state index contributed by atoms with van der Waals surface area (Å²) in [5.74, 6) is 0.588. The van der Waals surface area contributed by atoms with Crippen molar-refractivity contribution in [3.05, 3.63) is 29.8 Å². The third-order valence-corrected chi connectivity index (χ3v) is 5.22. The summed E-state index contributed by atoms with van der Waals surface area (Å²) in [5, 5.41) is 14.7. The first-order valence-corrected chi connectivity index (χ1v) is 10.4. The molecule has 5 N–H and O–H groups in total. The maximum atomic E-state index is 12.3. The number of aliphatic hydroxyl groups is 1. The summed E-state index contributed by atoms with van der Waals surface area (Å²) in [6, 6.07) is 6.51. The molecule has 7 heteroatoms. The quantitative estimate of drug-likeness (QED) is 0.556. The van der Waals surface area contributed by atoms with E-state index in [1.807, 2.05) is 20.8 Å². The Kier molecular flexibility index (Phi) is 8.46. The SMILES string of the molecule is CC(C)(C)NC(=O)OC[C@H]1CC[C@H](CC(N)C(=O)Nc2ccc(CO)cc2)CC1. The van der Waals surface area contributed by atoms with Crippen LogP contribution in [0.1, 0.15) is 58.4 Å². The highest BCUT2D eigenvalue weighted by molar-refractivity contribution is 5.94. The van der Waals surface area contributed by atoms with Crippen LogP contribution in [0.25, 0.3) is 0 Å². The molecule has 0 aliphatic heterocycles. The van der Waals surface area contributed by atoms with Crippen molar-refractivity contribution in [3.63, 3.8) is 0 Å². The monoisotopic (exact) mass is 405 g/mol. The van der Waals surface area contributed by atoms with Gasteiger partial charge < -0.3 is 26.2 Å². The van der Waals surface area contributed by atoms with Crippen molar-refractivity contribution in [1.82, 2.24) is 5.32 Å². The van der Waals surface area contributed by atoms with Crippen molar-refractivity contribution < 1.29 is 19.4 Å². The fourth-order valence-corrected chi connectivity index (χ4v) is 3.56. The van der Waals surface area contributed by atoms with E-state index in [9.17, 15) is 9.59 Å². The van der Waals surface area contributed by atoms with Crippen LogP contribution < -0.4 is 16.4 Å². The van der Waals surface area contributed by atoms with Gasteiger partial charge in [-0.05, 0) is 82.4 Å². The number of nitrogens with one attached hydrogen (secondary N) is 2. The third kappa shape index (κ3) is 8.41. The number of alkyl carbamates (subject to hydrolysis) is 1. The van der Waals surface area contributed by atoms with Gasteiger partial charge >= 0.3 is 6.09 Å². The van der Waals surface area contributed by atoms with Gasteiger partial charge in [0, 0.05) is 11.2 Å². The lowest BCUT2D eigenvalue weighted by Crippen LogP contribution is -2.41. The van der Waals surface area contributed by atoms with E-state index < -0.39 is 6.04 Å². The average molecular weight is 406 g/mol. The van der Waals surface area contributed by atoms with Gasteiger partial charge in [0.2, 0.25) is 5.91 Å². The summed E-state index contributed by atoms with van der Waals surface area (Å²) in [6.45, 7) is 6.17. The minimum Gasteiger partial charge on any atom is -0.449 e. The Hall–Kier alpha value is -2.12. The highest BCUT2D eigenvalue weighted by Gasteiger charge is 2.26. The number of hydrogen-bond acceptors (Lipinski definition) is 5. The molecule has 29 heavy (non-hydrogen) atoms. The number of anilines is 1. The average Bonchev–Trinajstić information content (AvgIpc) is 2.66. The normalized spacial score (nSPS) is 20.6. The summed E-state index contributed by atoms with van der Waals surface area (Å²) < 4.78 is 5.34. The molecule has 1 aliphatic rings. The molecule has 0 spiro atoms. The van der Waals surface area contributed by atoms with Crippen LogP contribution in [0, 0.1) is 11.8 Å². The number of hydrogen-bond donors (Lipinski definition) is 4. The molecule has 0 heterocycles. The first-order chi connectivity index (χ1) is 13.7. The van der Waals surface area contributed by atoms with E-state index in [1.165, 1.54) is 0 Å². The smallest absolute Gasteiger partial charge is 0.407 e. The maximum Gasteiger partial charge on any atom is 0.407 e. The van der Waals surface area contributed by atoms with Crippen LogP contribution >= 0.6 is 0 Å². The molecule has 7 nitrogen and oxygen atoms in total. The number of ether oxygens (including phenoxy) is 1. The van der Waals surface area contributed by atoms with Crippen LogP contribution in [-0.4, -0.2) is 35.3 Å². The van der Waals surface area contributed by atoms with Gasteiger partial charge in [-0.1, -0.05) is 12.1 Å². The molecule has 1 aromatic carbocycles. The Bertz CT molecular complexity index is 662. The van der Waals surface area contributed by atoms with E-state index in [2.05, 4.69) is 10.6 Å². The molecule has 1 aromatic rings. The van der Waals surface area contributed by atoms with Crippen LogP contribution in [0.5, 0.6) is 0 Å². The molecule has 1 fully saturated rings. The standard InChI is InChI=1S/C22H35N3O4/c1-22(2,3)25-21(28)29-14-17-6-4-15(5-7-17)12-19(23)20(27)24-18-10-8-16(13-26)9-11-18/h8-11,15,17,19,26H,4-7,12-14,23H2,1-3H3,(H,24,27)(H,25,28)/t15-,17-,19?. The lowest BCUT2D eigenvalue weighted by atomic mass is 9.79. The Morgan fingerprint density at radius 3 is 2.28 bits per heavy atom. The number of aliphatic hydroxyl groups excluding tert-OH is 1. The highest BCUT2D eigenvalue weighted by Crippen LogP contribution is 2.31. The Morgan fingerprint density at radius 2 is 1.72 bits per heavy atom. The molecule has 162 valence electrons. The minimum absolute atomic E-state index is 0.0251. The molecular formula is C22H35N3O4. The zero-order valence-electron chi connectivity index (χ0n) is 17.7. The van der Waals surface area contributed by atoms with E-state index in [1.54, 1.807) is 24.3 Å². The highest BCUT2D eigenvalue weighted by atomic mass is 16.5. The molecule has 1 atom stereocenters. The van der Waals surface area contributed by atoms with Crippen LogP contribution in [0.3, 0.4) is 0 Å². The largest absolute Gasteiger partial charge is 0.449 e. The second kappa shape index (κ2) is 10.6. The number of rotatable bonds is 7. The number of carbonyl (C=O) groups excluding carboxylic acids is 2. The molecular weight excluding hydrogens is 370 g/mol. The summed E-state index contributed by atoms with van der Waals surface area (Å²) >= 11 is 0. The molecule has 1 saturated carbocycles. The molecule has 1 aliphatic carbocycles. The molecule has 1 unspecified atom stereocenters. The fourth-order valence-electron chi connectivity index (χ4n) is 3.56. The van der Waals surface area contributed by atoms with Crippen molar-refractivity contribution in [3.8, 4) is 0 Å². The van der Waals surface area contributed by atoms with Gasteiger partial charge in [0.1, 0.15) is 0 Å². The summed E-state index contributed by atoms with van der Waals surface area (Å²) in [4.78, 5) is 24.1.